The van der Waals surface area contributed by atoms with Crippen molar-refractivity contribution in [3.8, 4) is 0 Å². The fourth-order valence-electron chi connectivity index (χ4n) is 11.5. The summed E-state index contributed by atoms with van der Waals surface area (Å²) in [5.41, 5.74) is -2.85. The first-order valence-corrected chi connectivity index (χ1v) is 14.9. The second kappa shape index (κ2) is 8.15. The average molecular weight is 533 g/mol. The van der Waals surface area contributed by atoms with Gasteiger partial charge in [-0.2, -0.15) is 0 Å². The highest BCUT2D eigenvalue weighted by molar-refractivity contribution is 5.86. The van der Waals surface area contributed by atoms with Gasteiger partial charge in [-0.25, -0.2) is 0 Å². The molecular weight excluding hydrogens is 480 g/mol. The van der Waals surface area contributed by atoms with Crippen molar-refractivity contribution in [2.75, 3.05) is 6.61 Å². The molecule has 0 aromatic heterocycles. The fourth-order valence-corrected chi connectivity index (χ4v) is 11.5. The number of ketones is 1. The normalized spacial score (nSPS) is 55.0. The van der Waals surface area contributed by atoms with Crippen LogP contribution in [0.1, 0.15) is 100 Å². The van der Waals surface area contributed by atoms with Crippen LogP contribution in [0.2, 0.25) is 0 Å². The number of aliphatic hydroxyl groups excluding tert-OH is 4. The summed E-state index contributed by atoms with van der Waals surface area (Å²) in [6, 6.07) is 0. The molecule has 0 radical (unpaired) electrons. The van der Waals surface area contributed by atoms with E-state index in [1.165, 1.54) is 12.5 Å². The topological polar surface area (TPSA) is 118 Å². The Bertz CT molecular complexity index is 1050. The molecule has 0 bridgehead atoms. The van der Waals surface area contributed by atoms with E-state index in [1.807, 2.05) is 13.8 Å². The van der Waals surface area contributed by atoms with E-state index >= 15 is 0 Å². The summed E-state index contributed by atoms with van der Waals surface area (Å²) < 4.78 is 0. The van der Waals surface area contributed by atoms with E-state index in [-0.39, 0.29) is 40.5 Å². The van der Waals surface area contributed by atoms with Gasteiger partial charge in [0.2, 0.25) is 0 Å². The van der Waals surface area contributed by atoms with Gasteiger partial charge in [-0.15, -0.1) is 0 Å². The Balaban J connectivity index is 1.62. The van der Waals surface area contributed by atoms with E-state index in [9.17, 15) is 30.3 Å². The van der Waals surface area contributed by atoms with E-state index in [0.717, 1.165) is 25.7 Å². The van der Waals surface area contributed by atoms with Gasteiger partial charge in [0.15, 0.2) is 5.78 Å². The highest BCUT2D eigenvalue weighted by atomic mass is 16.3. The third kappa shape index (κ3) is 3.05. The summed E-state index contributed by atoms with van der Waals surface area (Å²) in [5, 5.41) is 56.5. The van der Waals surface area contributed by atoms with Crippen LogP contribution in [0.5, 0.6) is 0 Å². The van der Waals surface area contributed by atoms with Gasteiger partial charge in [-0.1, -0.05) is 60.1 Å². The molecular formula is C32H52O6. The van der Waals surface area contributed by atoms with Gasteiger partial charge in [-0.3, -0.25) is 4.79 Å². The molecule has 216 valence electrons. The lowest BCUT2D eigenvalue weighted by molar-refractivity contribution is -0.261. The van der Waals surface area contributed by atoms with Crippen molar-refractivity contribution in [3.05, 3.63) is 11.6 Å². The highest BCUT2D eigenvalue weighted by Crippen LogP contribution is 2.76. The molecule has 4 saturated carbocycles. The Morgan fingerprint density at radius 1 is 0.921 bits per heavy atom. The first-order valence-electron chi connectivity index (χ1n) is 14.9. The van der Waals surface area contributed by atoms with E-state index < -0.39 is 40.2 Å². The number of carbonyl (C=O) groups excluding carboxylic acids is 1. The van der Waals surface area contributed by atoms with Crippen LogP contribution in [0.4, 0.5) is 0 Å². The number of rotatable bonds is 2. The standard InChI is InChI=1S/C32H52O6/c1-18(34)32(38)14-13-28(6)21(27(32,4)5)11-12-29(7)22(28)10-9-19-20-15-26(2,3)24(36)25(37)31(20,17-33)23(35)16-30(19,29)8/h9,20-25,33,35-38H,10-17H2,1-8H3/t20-,21?,22-,23-,24+,25+,28+,29-,30-,31+,32-/m1/s1. The van der Waals surface area contributed by atoms with Crippen LogP contribution in [0, 0.1) is 50.2 Å². The van der Waals surface area contributed by atoms with Crippen LogP contribution < -0.4 is 0 Å². The Hall–Kier alpha value is -0.790. The van der Waals surface area contributed by atoms with Crippen LogP contribution in [0.15, 0.2) is 11.6 Å². The molecule has 11 atom stereocenters. The number of aliphatic hydroxyl groups is 5. The molecule has 1 unspecified atom stereocenters. The summed E-state index contributed by atoms with van der Waals surface area (Å²) in [5.74, 6) is 0.166. The van der Waals surface area contributed by atoms with Crippen molar-refractivity contribution in [3.63, 3.8) is 0 Å². The molecule has 5 aliphatic carbocycles. The largest absolute Gasteiger partial charge is 0.396 e. The molecule has 0 aromatic carbocycles. The maximum absolute atomic E-state index is 12.7. The Labute approximate surface area is 228 Å². The summed E-state index contributed by atoms with van der Waals surface area (Å²) in [6.07, 6.45) is 4.22. The zero-order valence-corrected chi connectivity index (χ0v) is 24.8. The molecule has 0 aliphatic heterocycles. The second-order valence-electron chi connectivity index (χ2n) is 16.1. The molecule has 5 aliphatic rings. The quantitative estimate of drug-likeness (QED) is 0.343. The third-order valence-corrected chi connectivity index (χ3v) is 14.2. The van der Waals surface area contributed by atoms with Crippen molar-refractivity contribution in [2.45, 2.75) is 124 Å². The predicted octanol–water partition coefficient (Wildman–Crippen LogP) is 4.01. The molecule has 6 nitrogen and oxygen atoms in total. The van der Waals surface area contributed by atoms with Crippen molar-refractivity contribution in [2.24, 2.45) is 50.2 Å². The smallest absolute Gasteiger partial charge is 0.161 e. The molecule has 0 saturated heterocycles. The van der Waals surface area contributed by atoms with Crippen molar-refractivity contribution in [1.82, 2.24) is 0 Å². The van der Waals surface area contributed by atoms with Gasteiger partial charge in [0, 0.05) is 5.41 Å². The lowest BCUT2D eigenvalue weighted by Gasteiger charge is -2.73. The van der Waals surface area contributed by atoms with Crippen molar-refractivity contribution < 1.29 is 30.3 Å². The summed E-state index contributed by atoms with van der Waals surface area (Å²) >= 11 is 0. The number of hydrogen-bond acceptors (Lipinski definition) is 6. The van der Waals surface area contributed by atoms with Gasteiger partial charge in [0.1, 0.15) is 5.60 Å². The molecule has 6 heteroatoms. The monoisotopic (exact) mass is 532 g/mol. The number of fused-ring (bicyclic) bond motifs is 7. The second-order valence-corrected chi connectivity index (χ2v) is 16.1. The molecule has 0 heterocycles. The Kier molecular flexibility index (Phi) is 6.16. The minimum absolute atomic E-state index is 0.0682. The van der Waals surface area contributed by atoms with Crippen LogP contribution in [-0.2, 0) is 4.79 Å². The molecule has 4 fully saturated rings. The molecule has 0 aromatic rings. The van der Waals surface area contributed by atoms with Gasteiger partial charge >= 0.3 is 0 Å². The minimum Gasteiger partial charge on any atom is -0.396 e. The number of carbonyl (C=O) groups is 1. The maximum Gasteiger partial charge on any atom is 0.161 e. The van der Waals surface area contributed by atoms with Gasteiger partial charge in [-0.05, 0) is 91.3 Å². The van der Waals surface area contributed by atoms with Gasteiger partial charge < -0.3 is 25.5 Å². The zero-order valence-electron chi connectivity index (χ0n) is 24.8. The van der Waals surface area contributed by atoms with Crippen LogP contribution >= 0.6 is 0 Å². The first-order chi connectivity index (χ1) is 17.3. The Morgan fingerprint density at radius 2 is 1.55 bits per heavy atom. The number of Topliss-reactive ketones (excluding diaryl/α,β-unsaturated/α-hetero) is 1. The van der Waals surface area contributed by atoms with Crippen molar-refractivity contribution >= 4 is 5.78 Å². The third-order valence-electron chi connectivity index (χ3n) is 14.2. The van der Waals surface area contributed by atoms with Crippen LogP contribution in [-0.4, -0.2) is 61.8 Å². The summed E-state index contributed by atoms with van der Waals surface area (Å²) in [4.78, 5) is 12.7. The van der Waals surface area contributed by atoms with E-state index in [4.69, 9.17) is 0 Å². The average Bonchev–Trinajstić information content (AvgIpc) is 2.81. The molecule has 5 N–H and O–H groups in total. The highest BCUT2D eigenvalue weighted by Gasteiger charge is 2.73. The lowest BCUT2D eigenvalue weighted by Crippen LogP contribution is -2.72. The molecule has 38 heavy (non-hydrogen) atoms. The summed E-state index contributed by atoms with van der Waals surface area (Å²) in [6.45, 7) is 16.3. The predicted molar refractivity (Wildman–Crippen MR) is 146 cm³/mol. The van der Waals surface area contributed by atoms with Crippen LogP contribution in [0.3, 0.4) is 0 Å². The molecule has 0 spiro atoms. The SMILES string of the molecule is CC(=O)[C@]1(O)CC[C@@]2(C)C(CC[C@]3(C)[C@@H]2CC=C2[C@H]4CC(C)(C)[C@@H](O)[C@H](O)[C@]4(CO)[C@H](O)C[C@]23C)C1(C)C. The minimum atomic E-state index is -1.31. The van der Waals surface area contributed by atoms with Crippen molar-refractivity contribution in [1.29, 1.82) is 0 Å². The van der Waals surface area contributed by atoms with Crippen LogP contribution in [0.25, 0.3) is 0 Å². The van der Waals surface area contributed by atoms with E-state index in [0.29, 0.717) is 25.2 Å². The number of hydrogen-bond donors (Lipinski definition) is 5. The van der Waals surface area contributed by atoms with Gasteiger partial charge in [0.05, 0.1) is 30.3 Å². The zero-order chi connectivity index (χ0) is 28.5. The summed E-state index contributed by atoms with van der Waals surface area (Å²) in [7, 11) is 0. The lowest BCUT2D eigenvalue weighted by atomic mass is 9.32. The Morgan fingerprint density at radius 3 is 2.13 bits per heavy atom. The van der Waals surface area contributed by atoms with E-state index in [2.05, 4.69) is 40.7 Å². The van der Waals surface area contributed by atoms with Gasteiger partial charge in [0.25, 0.3) is 0 Å². The maximum atomic E-state index is 12.7. The molecule has 5 rings (SSSR count). The fraction of sp³-hybridized carbons (Fsp3) is 0.906. The molecule has 0 amide bonds. The first kappa shape index (κ1) is 28.7. The number of allylic oxidation sites excluding steroid dienone is 2. The van der Waals surface area contributed by atoms with E-state index in [1.54, 1.807) is 0 Å².